The third-order valence-electron chi connectivity index (χ3n) is 2.84. The van der Waals surface area contributed by atoms with Crippen LogP contribution in [0.15, 0.2) is 54.6 Å². The molecule has 0 fully saturated rings. The quantitative estimate of drug-likeness (QED) is 0.848. The fraction of sp³-hybridized carbons (Fsp3) is 0.200. The highest BCUT2D eigenvalue weighted by Crippen LogP contribution is 2.15. The number of rotatable bonds is 5. The van der Waals surface area contributed by atoms with Gasteiger partial charge in [0.2, 0.25) is 0 Å². The van der Waals surface area contributed by atoms with E-state index in [1.54, 1.807) is 12.1 Å². The van der Waals surface area contributed by atoms with Crippen LogP contribution in [0.2, 0.25) is 0 Å². The number of benzene rings is 2. The van der Waals surface area contributed by atoms with Gasteiger partial charge in [-0.05, 0) is 24.1 Å². The lowest BCUT2D eigenvalue weighted by molar-refractivity contribution is 0.622. The standard InChI is InChI=1S/C15H17FN2/c16-14-8-4-5-9-15(14)18-13(11-17)10-12-6-2-1-3-7-12/h1-9,13,18H,10-11,17H2. The highest BCUT2D eigenvalue weighted by molar-refractivity contribution is 5.45. The molecule has 2 rings (SSSR count). The van der Waals surface area contributed by atoms with Crippen LogP contribution in [0, 0.1) is 5.82 Å². The summed E-state index contributed by atoms with van der Waals surface area (Å²) in [7, 11) is 0. The van der Waals surface area contributed by atoms with Gasteiger partial charge in [-0.15, -0.1) is 0 Å². The minimum absolute atomic E-state index is 0.0318. The zero-order chi connectivity index (χ0) is 12.8. The zero-order valence-corrected chi connectivity index (χ0v) is 10.1. The van der Waals surface area contributed by atoms with Crippen LogP contribution in [0.1, 0.15) is 5.56 Å². The van der Waals surface area contributed by atoms with E-state index in [0.29, 0.717) is 12.2 Å². The number of halogens is 1. The van der Waals surface area contributed by atoms with Crippen LogP contribution in [0.5, 0.6) is 0 Å². The fourth-order valence-electron chi connectivity index (χ4n) is 1.89. The molecule has 3 heteroatoms. The van der Waals surface area contributed by atoms with E-state index in [0.717, 1.165) is 6.42 Å². The van der Waals surface area contributed by atoms with Gasteiger partial charge >= 0.3 is 0 Å². The SMILES string of the molecule is NCC(Cc1ccccc1)Nc1ccccc1F. The average Bonchev–Trinajstić information content (AvgIpc) is 2.41. The maximum atomic E-state index is 13.5. The minimum atomic E-state index is -0.246. The van der Waals surface area contributed by atoms with Crippen molar-refractivity contribution in [3.8, 4) is 0 Å². The number of hydrogen-bond acceptors (Lipinski definition) is 2. The molecule has 0 saturated carbocycles. The molecule has 0 radical (unpaired) electrons. The van der Waals surface area contributed by atoms with Gasteiger partial charge in [-0.25, -0.2) is 4.39 Å². The number of nitrogens with one attached hydrogen (secondary N) is 1. The van der Waals surface area contributed by atoms with Crippen molar-refractivity contribution < 1.29 is 4.39 Å². The summed E-state index contributed by atoms with van der Waals surface area (Å²) in [5.41, 5.74) is 7.43. The molecule has 3 N–H and O–H groups in total. The molecule has 0 aliphatic rings. The summed E-state index contributed by atoms with van der Waals surface area (Å²) in [6.07, 6.45) is 0.783. The molecule has 0 aliphatic heterocycles. The number of anilines is 1. The van der Waals surface area contributed by atoms with E-state index in [1.165, 1.54) is 11.6 Å². The molecular weight excluding hydrogens is 227 g/mol. The molecule has 2 nitrogen and oxygen atoms in total. The van der Waals surface area contributed by atoms with E-state index in [4.69, 9.17) is 5.73 Å². The summed E-state index contributed by atoms with van der Waals surface area (Å²) in [5.74, 6) is -0.246. The van der Waals surface area contributed by atoms with E-state index < -0.39 is 0 Å². The predicted molar refractivity (Wildman–Crippen MR) is 73.0 cm³/mol. The van der Waals surface area contributed by atoms with Crippen LogP contribution in [-0.2, 0) is 6.42 Å². The van der Waals surface area contributed by atoms with Crippen molar-refractivity contribution >= 4 is 5.69 Å². The number of hydrogen-bond donors (Lipinski definition) is 2. The van der Waals surface area contributed by atoms with Crippen LogP contribution >= 0.6 is 0 Å². The Morgan fingerprint density at radius 1 is 1.00 bits per heavy atom. The summed E-state index contributed by atoms with van der Waals surface area (Å²) < 4.78 is 13.5. The van der Waals surface area contributed by atoms with Crippen LogP contribution in [0.25, 0.3) is 0 Å². The van der Waals surface area contributed by atoms with E-state index in [2.05, 4.69) is 5.32 Å². The third-order valence-corrected chi connectivity index (χ3v) is 2.84. The first-order chi connectivity index (χ1) is 8.79. The molecule has 1 unspecified atom stereocenters. The molecule has 0 bridgehead atoms. The van der Waals surface area contributed by atoms with Crippen molar-refractivity contribution in [3.63, 3.8) is 0 Å². The van der Waals surface area contributed by atoms with E-state index in [9.17, 15) is 4.39 Å². The zero-order valence-electron chi connectivity index (χ0n) is 10.1. The molecule has 0 aliphatic carbocycles. The Hall–Kier alpha value is -1.87. The molecule has 1 atom stereocenters. The van der Waals surface area contributed by atoms with E-state index in [-0.39, 0.29) is 11.9 Å². The lowest BCUT2D eigenvalue weighted by Gasteiger charge is -2.18. The van der Waals surface area contributed by atoms with Gasteiger partial charge < -0.3 is 11.1 Å². The van der Waals surface area contributed by atoms with E-state index >= 15 is 0 Å². The predicted octanol–water partition coefficient (Wildman–Crippen LogP) is 2.81. The van der Waals surface area contributed by atoms with Crippen molar-refractivity contribution in [2.75, 3.05) is 11.9 Å². The first-order valence-electron chi connectivity index (χ1n) is 6.04. The van der Waals surface area contributed by atoms with Gasteiger partial charge in [0.25, 0.3) is 0 Å². The second-order valence-electron chi connectivity index (χ2n) is 4.25. The molecule has 94 valence electrons. The average molecular weight is 244 g/mol. The Morgan fingerprint density at radius 3 is 2.33 bits per heavy atom. The summed E-state index contributed by atoms with van der Waals surface area (Å²) in [4.78, 5) is 0. The molecule has 2 aromatic carbocycles. The minimum Gasteiger partial charge on any atom is -0.378 e. The Kier molecular flexibility index (Phi) is 4.31. The van der Waals surface area contributed by atoms with Gasteiger partial charge in [-0.2, -0.15) is 0 Å². The fourth-order valence-corrected chi connectivity index (χ4v) is 1.89. The number of para-hydroxylation sites is 1. The number of nitrogens with two attached hydrogens (primary N) is 1. The maximum Gasteiger partial charge on any atom is 0.146 e. The summed E-state index contributed by atoms with van der Waals surface area (Å²) in [6, 6.07) is 16.7. The van der Waals surface area contributed by atoms with Gasteiger partial charge in [0.15, 0.2) is 0 Å². The van der Waals surface area contributed by atoms with Crippen molar-refractivity contribution in [2.24, 2.45) is 5.73 Å². The first kappa shape index (κ1) is 12.6. The third kappa shape index (κ3) is 3.31. The second kappa shape index (κ2) is 6.17. The van der Waals surface area contributed by atoms with Crippen molar-refractivity contribution in [1.82, 2.24) is 0 Å². The summed E-state index contributed by atoms with van der Waals surface area (Å²) in [6.45, 7) is 0.462. The van der Waals surface area contributed by atoms with Gasteiger partial charge in [-0.1, -0.05) is 42.5 Å². The molecule has 0 amide bonds. The van der Waals surface area contributed by atoms with Gasteiger partial charge in [0.1, 0.15) is 5.82 Å². The highest BCUT2D eigenvalue weighted by atomic mass is 19.1. The molecule has 0 spiro atoms. The summed E-state index contributed by atoms with van der Waals surface area (Å²) >= 11 is 0. The molecule has 0 aromatic heterocycles. The van der Waals surface area contributed by atoms with Gasteiger partial charge in [-0.3, -0.25) is 0 Å². The van der Waals surface area contributed by atoms with E-state index in [1.807, 2.05) is 36.4 Å². The van der Waals surface area contributed by atoms with Crippen LogP contribution in [-0.4, -0.2) is 12.6 Å². The highest BCUT2D eigenvalue weighted by Gasteiger charge is 2.09. The topological polar surface area (TPSA) is 38.0 Å². The molecule has 0 saturated heterocycles. The Morgan fingerprint density at radius 2 is 1.67 bits per heavy atom. The Bertz CT molecular complexity index is 485. The smallest absolute Gasteiger partial charge is 0.146 e. The van der Waals surface area contributed by atoms with Crippen LogP contribution in [0.4, 0.5) is 10.1 Å². The lowest BCUT2D eigenvalue weighted by atomic mass is 10.1. The Balaban J connectivity index is 2.04. The van der Waals surface area contributed by atoms with Crippen molar-refractivity contribution in [3.05, 3.63) is 66.0 Å². The van der Waals surface area contributed by atoms with Crippen LogP contribution in [0.3, 0.4) is 0 Å². The van der Waals surface area contributed by atoms with Gasteiger partial charge in [0, 0.05) is 12.6 Å². The monoisotopic (exact) mass is 244 g/mol. The van der Waals surface area contributed by atoms with Gasteiger partial charge in [0.05, 0.1) is 5.69 Å². The Labute approximate surface area is 107 Å². The largest absolute Gasteiger partial charge is 0.378 e. The summed E-state index contributed by atoms with van der Waals surface area (Å²) in [5, 5.41) is 3.15. The molecule has 18 heavy (non-hydrogen) atoms. The van der Waals surface area contributed by atoms with Crippen molar-refractivity contribution in [2.45, 2.75) is 12.5 Å². The molecule has 0 heterocycles. The molecule has 2 aromatic rings. The maximum absolute atomic E-state index is 13.5. The first-order valence-corrected chi connectivity index (χ1v) is 6.04. The molecular formula is C15H17FN2. The second-order valence-corrected chi connectivity index (χ2v) is 4.25. The lowest BCUT2D eigenvalue weighted by Crippen LogP contribution is -2.31. The van der Waals surface area contributed by atoms with Crippen LogP contribution < -0.4 is 11.1 Å². The normalized spacial score (nSPS) is 12.1. The van der Waals surface area contributed by atoms with Crippen molar-refractivity contribution in [1.29, 1.82) is 0 Å².